The number of nitriles is 1. The van der Waals surface area contributed by atoms with E-state index < -0.39 is 12.3 Å². The van der Waals surface area contributed by atoms with Crippen molar-refractivity contribution in [3.63, 3.8) is 0 Å². The second kappa shape index (κ2) is 9.66. The molecule has 0 saturated heterocycles. The van der Waals surface area contributed by atoms with Crippen LogP contribution in [0.15, 0.2) is 53.4 Å². The van der Waals surface area contributed by atoms with E-state index in [1.165, 1.54) is 23.9 Å². The van der Waals surface area contributed by atoms with Gasteiger partial charge in [-0.25, -0.2) is 0 Å². The molecule has 0 fully saturated rings. The normalized spacial score (nSPS) is 10.6. The first-order valence-electron chi connectivity index (χ1n) is 7.80. The van der Waals surface area contributed by atoms with E-state index in [0.717, 1.165) is 17.0 Å². The van der Waals surface area contributed by atoms with Crippen molar-refractivity contribution in [1.29, 1.82) is 5.26 Å². The van der Waals surface area contributed by atoms with E-state index in [1.807, 2.05) is 0 Å². The van der Waals surface area contributed by atoms with Gasteiger partial charge in [-0.15, -0.1) is 24.9 Å². The quantitative estimate of drug-likeness (QED) is 0.670. The fourth-order valence-electron chi connectivity index (χ4n) is 2.00. The van der Waals surface area contributed by atoms with Crippen LogP contribution in [0.25, 0.3) is 0 Å². The number of alkyl halides is 3. The Hall–Kier alpha value is -3.19. The highest BCUT2D eigenvalue weighted by Gasteiger charge is 2.30. The summed E-state index contributed by atoms with van der Waals surface area (Å²) in [5.74, 6) is -1.03. The van der Waals surface area contributed by atoms with Crippen molar-refractivity contribution in [2.75, 3.05) is 16.4 Å². The number of nitrogens with zero attached hydrogens (tertiary/aromatic N) is 1. The number of rotatable bonds is 7. The molecule has 0 radical (unpaired) electrons. The summed E-state index contributed by atoms with van der Waals surface area (Å²) in [5, 5.41) is 13.6. The summed E-state index contributed by atoms with van der Waals surface area (Å²) >= 11 is 1.25. The highest BCUT2D eigenvalue weighted by Crippen LogP contribution is 2.24. The highest BCUT2D eigenvalue weighted by atomic mass is 32.2. The summed E-state index contributed by atoms with van der Waals surface area (Å²) in [5.41, 5.74) is 0.880. The maximum Gasteiger partial charge on any atom is 0.573 e. The molecule has 0 aliphatic rings. The molecule has 28 heavy (non-hydrogen) atoms. The molecule has 0 atom stereocenters. The van der Waals surface area contributed by atoms with Crippen LogP contribution in [-0.2, 0) is 9.59 Å². The van der Waals surface area contributed by atoms with Gasteiger partial charge in [0.05, 0.1) is 11.8 Å². The Morgan fingerprint density at radius 3 is 2.04 bits per heavy atom. The number of anilines is 2. The number of benzene rings is 2. The number of halogens is 3. The SMILES string of the molecule is N#CCC(=O)Nc1ccc(SCC(=O)Nc2ccc(OC(F)(F)F)cc2)cc1. The average molecular weight is 409 g/mol. The molecule has 2 aromatic carbocycles. The summed E-state index contributed by atoms with van der Waals surface area (Å²) in [7, 11) is 0. The molecule has 10 heteroatoms. The number of thioether (sulfide) groups is 1. The molecule has 0 heterocycles. The van der Waals surface area contributed by atoms with E-state index in [0.29, 0.717) is 11.4 Å². The van der Waals surface area contributed by atoms with Crippen molar-refractivity contribution in [3.05, 3.63) is 48.5 Å². The number of ether oxygens (including phenoxy) is 1. The van der Waals surface area contributed by atoms with Gasteiger partial charge in [0.15, 0.2) is 0 Å². The fraction of sp³-hybridized carbons (Fsp3) is 0.167. The van der Waals surface area contributed by atoms with Gasteiger partial charge in [0, 0.05) is 16.3 Å². The Labute approximate surface area is 162 Å². The van der Waals surface area contributed by atoms with Gasteiger partial charge in [0.25, 0.3) is 0 Å². The number of nitrogens with one attached hydrogen (secondary N) is 2. The maximum atomic E-state index is 12.1. The predicted molar refractivity (Wildman–Crippen MR) is 97.8 cm³/mol. The average Bonchev–Trinajstić information content (AvgIpc) is 2.62. The van der Waals surface area contributed by atoms with Crippen LogP contribution in [0.4, 0.5) is 24.5 Å². The van der Waals surface area contributed by atoms with E-state index in [9.17, 15) is 22.8 Å². The van der Waals surface area contributed by atoms with Crippen LogP contribution in [0.5, 0.6) is 5.75 Å². The molecule has 2 aromatic rings. The van der Waals surface area contributed by atoms with E-state index in [1.54, 1.807) is 30.3 Å². The van der Waals surface area contributed by atoms with Crippen LogP contribution in [0.3, 0.4) is 0 Å². The number of hydrogen-bond donors (Lipinski definition) is 2. The minimum atomic E-state index is -4.77. The molecule has 2 amide bonds. The third-order valence-electron chi connectivity index (χ3n) is 3.12. The fourth-order valence-corrected chi connectivity index (χ4v) is 2.70. The van der Waals surface area contributed by atoms with Crippen LogP contribution < -0.4 is 15.4 Å². The summed E-state index contributed by atoms with van der Waals surface area (Å²) < 4.78 is 40.1. The molecule has 0 unspecified atom stereocenters. The number of amides is 2. The van der Waals surface area contributed by atoms with E-state index in [-0.39, 0.29) is 23.8 Å². The molecular formula is C18H14F3N3O3S. The van der Waals surface area contributed by atoms with Gasteiger partial charge in [-0.05, 0) is 48.5 Å². The molecule has 0 aliphatic carbocycles. The lowest BCUT2D eigenvalue weighted by Gasteiger charge is -2.10. The summed E-state index contributed by atoms with van der Waals surface area (Å²) in [4.78, 5) is 24.1. The largest absolute Gasteiger partial charge is 0.573 e. The zero-order valence-electron chi connectivity index (χ0n) is 14.2. The first-order valence-corrected chi connectivity index (χ1v) is 8.79. The van der Waals surface area contributed by atoms with Crippen LogP contribution in [0.1, 0.15) is 6.42 Å². The topological polar surface area (TPSA) is 91.2 Å². The van der Waals surface area contributed by atoms with Crippen molar-refractivity contribution in [3.8, 4) is 11.8 Å². The molecular weight excluding hydrogens is 395 g/mol. The van der Waals surface area contributed by atoms with Crippen molar-refractivity contribution in [2.45, 2.75) is 17.7 Å². The minimum absolute atomic E-state index is 0.0843. The Kier molecular flexibility index (Phi) is 7.28. The van der Waals surface area contributed by atoms with Crippen molar-refractivity contribution < 1.29 is 27.5 Å². The third-order valence-corrected chi connectivity index (χ3v) is 4.13. The molecule has 0 spiro atoms. The highest BCUT2D eigenvalue weighted by molar-refractivity contribution is 8.00. The summed E-state index contributed by atoms with van der Waals surface area (Å²) in [6.45, 7) is 0. The maximum absolute atomic E-state index is 12.1. The van der Waals surface area contributed by atoms with Gasteiger partial charge in [-0.3, -0.25) is 9.59 Å². The molecule has 2 N–H and O–H groups in total. The molecule has 6 nitrogen and oxygen atoms in total. The first-order chi connectivity index (χ1) is 13.2. The molecule has 0 aliphatic heterocycles. The number of hydrogen-bond acceptors (Lipinski definition) is 5. The van der Waals surface area contributed by atoms with Crippen LogP contribution >= 0.6 is 11.8 Å². The Morgan fingerprint density at radius 1 is 0.964 bits per heavy atom. The van der Waals surface area contributed by atoms with Gasteiger partial charge in [-0.2, -0.15) is 5.26 Å². The molecule has 0 aromatic heterocycles. The van der Waals surface area contributed by atoms with Crippen molar-refractivity contribution >= 4 is 35.0 Å². The molecule has 0 saturated carbocycles. The second-order valence-electron chi connectivity index (χ2n) is 5.32. The van der Waals surface area contributed by atoms with Gasteiger partial charge < -0.3 is 15.4 Å². The first kappa shape index (κ1) is 21.1. The van der Waals surface area contributed by atoms with Crippen molar-refractivity contribution in [1.82, 2.24) is 0 Å². The summed E-state index contributed by atoms with van der Waals surface area (Å²) in [6.07, 6.45) is -5.00. The standard InChI is InChI=1S/C18H14F3N3O3S/c19-18(20,21)27-14-5-1-12(2-6-14)24-17(26)11-28-15-7-3-13(4-8-15)23-16(25)9-10-22/h1-8H,9,11H2,(H,23,25)(H,24,26). The third kappa shape index (κ3) is 7.59. The van der Waals surface area contributed by atoms with E-state index >= 15 is 0 Å². The van der Waals surface area contributed by atoms with Crippen LogP contribution in [-0.4, -0.2) is 23.9 Å². The second-order valence-corrected chi connectivity index (χ2v) is 6.37. The number of carbonyl (C=O) groups excluding carboxylic acids is 2. The monoisotopic (exact) mass is 409 g/mol. The van der Waals surface area contributed by atoms with Gasteiger partial charge >= 0.3 is 6.36 Å². The Balaban J connectivity index is 1.80. The Morgan fingerprint density at radius 2 is 1.50 bits per heavy atom. The van der Waals surface area contributed by atoms with E-state index in [4.69, 9.17) is 5.26 Å². The smallest absolute Gasteiger partial charge is 0.406 e. The zero-order valence-corrected chi connectivity index (χ0v) is 15.1. The minimum Gasteiger partial charge on any atom is -0.406 e. The molecule has 2 rings (SSSR count). The zero-order chi connectivity index (χ0) is 20.6. The lowest BCUT2D eigenvalue weighted by atomic mass is 10.3. The molecule has 0 bridgehead atoms. The lowest BCUT2D eigenvalue weighted by molar-refractivity contribution is -0.274. The van der Waals surface area contributed by atoms with Crippen LogP contribution in [0, 0.1) is 11.3 Å². The van der Waals surface area contributed by atoms with Crippen molar-refractivity contribution in [2.24, 2.45) is 0 Å². The van der Waals surface area contributed by atoms with E-state index in [2.05, 4.69) is 15.4 Å². The van der Waals surface area contributed by atoms with Crippen LogP contribution in [0.2, 0.25) is 0 Å². The van der Waals surface area contributed by atoms with Gasteiger partial charge in [-0.1, -0.05) is 0 Å². The molecule has 146 valence electrons. The summed E-state index contributed by atoms with van der Waals surface area (Å²) in [6, 6.07) is 13.3. The van der Waals surface area contributed by atoms with Gasteiger partial charge in [0.2, 0.25) is 11.8 Å². The predicted octanol–water partition coefficient (Wildman–Crippen LogP) is 4.17. The Bertz CT molecular complexity index is 863. The van der Waals surface area contributed by atoms with Gasteiger partial charge in [0.1, 0.15) is 12.2 Å². The number of carbonyl (C=O) groups is 2. The lowest BCUT2D eigenvalue weighted by Crippen LogP contribution is -2.17.